The molecule has 0 radical (unpaired) electrons. The summed E-state index contributed by atoms with van der Waals surface area (Å²) in [6.07, 6.45) is 18.9. The van der Waals surface area contributed by atoms with Crippen LogP contribution < -0.4 is 0 Å². The lowest BCUT2D eigenvalue weighted by Gasteiger charge is -2.36. The van der Waals surface area contributed by atoms with Crippen LogP contribution in [-0.2, 0) is 19.1 Å². The predicted octanol–water partition coefficient (Wildman–Crippen LogP) is 5.93. The molecule has 0 bridgehead atoms. The van der Waals surface area contributed by atoms with Gasteiger partial charge >= 0.3 is 5.97 Å². The van der Waals surface area contributed by atoms with E-state index in [0.29, 0.717) is 31.3 Å². The molecule has 4 nitrogen and oxygen atoms in total. The maximum Gasteiger partial charge on any atom is 0.309 e. The third-order valence-electron chi connectivity index (χ3n) is 7.02. The van der Waals surface area contributed by atoms with Crippen molar-refractivity contribution in [2.75, 3.05) is 6.61 Å². The number of carbonyl (C=O) groups is 2. The molecule has 166 valence electrons. The van der Waals surface area contributed by atoms with Crippen LogP contribution in [0.4, 0.5) is 0 Å². The second-order valence-electron chi connectivity index (χ2n) is 9.26. The van der Waals surface area contributed by atoms with Crippen LogP contribution in [0.3, 0.4) is 0 Å². The average molecular weight is 415 g/mol. The lowest BCUT2D eigenvalue weighted by molar-refractivity contribution is -0.158. The minimum absolute atomic E-state index is 0.0434. The van der Waals surface area contributed by atoms with E-state index in [1.165, 1.54) is 31.8 Å². The second-order valence-corrected chi connectivity index (χ2v) is 9.26. The van der Waals surface area contributed by atoms with Crippen molar-refractivity contribution in [1.82, 2.24) is 0 Å². The first-order valence-electron chi connectivity index (χ1n) is 12.0. The first kappa shape index (κ1) is 22.8. The van der Waals surface area contributed by atoms with Gasteiger partial charge in [-0.05, 0) is 87.3 Å². The third-order valence-corrected chi connectivity index (χ3v) is 7.02. The van der Waals surface area contributed by atoms with E-state index in [1.807, 2.05) is 6.08 Å². The number of fused-ring (bicyclic) bond motifs is 1. The van der Waals surface area contributed by atoms with Gasteiger partial charge in [0.05, 0.1) is 12.5 Å². The molecule has 0 amide bonds. The second kappa shape index (κ2) is 11.5. The molecule has 4 heteroatoms. The zero-order chi connectivity index (χ0) is 21.3. The number of ketones is 1. The van der Waals surface area contributed by atoms with Crippen molar-refractivity contribution < 1.29 is 19.1 Å². The number of ether oxygens (including phenoxy) is 2. The van der Waals surface area contributed by atoms with Crippen LogP contribution in [0.5, 0.6) is 0 Å². The largest absolute Gasteiger partial charge is 0.494 e. The molecule has 0 spiro atoms. The van der Waals surface area contributed by atoms with Gasteiger partial charge in [0.25, 0.3) is 0 Å². The van der Waals surface area contributed by atoms with Crippen molar-refractivity contribution in [2.45, 2.75) is 83.7 Å². The fraction of sp³-hybridized carbons (Fsp3) is 0.692. The van der Waals surface area contributed by atoms with Crippen LogP contribution >= 0.6 is 0 Å². The monoisotopic (exact) mass is 414 g/mol. The number of carbonyl (C=O) groups excluding carboxylic acids is 2. The van der Waals surface area contributed by atoms with E-state index in [2.05, 4.69) is 25.7 Å². The molecule has 0 aliphatic heterocycles. The van der Waals surface area contributed by atoms with Gasteiger partial charge in [-0.25, -0.2) is 0 Å². The van der Waals surface area contributed by atoms with Gasteiger partial charge in [0.15, 0.2) is 5.78 Å². The Morgan fingerprint density at radius 1 is 1.13 bits per heavy atom. The molecule has 3 aliphatic rings. The fourth-order valence-electron chi connectivity index (χ4n) is 5.20. The van der Waals surface area contributed by atoms with Gasteiger partial charge in [-0.2, -0.15) is 0 Å². The van der Waals surface area contributed by atoms with E-state index in [1.54, 1.807) is 0 Å². The van der Waals surface area contributed by atoms with Gasteiger partial charge < -0.3 is 9.47 Å². The molecule has 3 atom stereocenters. The molecule has 2 saturated carbocycles. The lowest BCUT2D eigenvalue weighted by atomic mass is 9.75. The molecule has 0 saturated heterocycles. The topological polar surface area (TPSA) is 52.6 Å². The van der Waals surface area contributed by atoms with Crippen LogP contribution in [0.2, 0.25) is 0 Å². The van der Waals surface area contributed by atoms with Gasteiger partial charge in [0.2, 0.25) is 0 Å². The van der Waals surface area contributed by atoms with Gasteiger partial charge in [0.1, 0.15) is 11.9 Å². The Hall–Kier alpha value is -1.84. The van der Waals surface area contributed by atoms with Gasteiger partial charge in [-0.15, -0.1) is 0 Å². The maximum absolute atomic E-state index is 12.7. The van der Waals surface area contributed by atoms with Crippen molar-refractivity contribution in [1.29, 1.82) is 0 Å². The molecule has 0 heterocycles. The Labute approximate surface area is 181 Å². The highest BCUT2D eigenvalue weighted by atomic mass is 16.5. The highest BCUT2D eigenvalue weighted by Gasteiger charge is 2.34. The van der Waals surface area contributed by atoms with Crippen molar-refractivity contribution in [2.24, 2.45) is 23.7 Å². The Morgan fingerprint density at radius 2 is 1.93 bits per heavy atom. The van der Waals surface area contributed by atoms with Crippen LogP contribution in [0.15, 0.2) is 36.6 Å². The quantitative estimate of drug-likeness (QED) is 0.253. The summed E-state index contributed by atoms with van der Waals surface area (Å²) in [7, 11) is 0. The standard InChI is InChI=1S/C26H38O4/c1-3-6-19-8-10-20(11-9-19)26(28)30-25-15-13-21-17-24(14-12-22(21)18-25)29-16-5-7-23(27)4-2/h4,12,14,17,19-22,25H,2-3,5-11,13,15-16,18H2,1H3. The summed E-state index contributed by atoms with van der Waals surface area (Å²) in [5, 5.41) is 0. The first-order valence-corrected chi connectivity index (χ1v) is 12.0. The van der Waals surface area contributed by atoms with E-state index in [0.717, 1.165) is 43.8 Å². The van der Waals surface area contributed by atoms with Gasteiger partial charge in [-0.3, -0.25) is 9.59 Å². The summed E-state index contributed by atoms with van der Waals surface area (Å²) < 4.78 is 11.8. The molecule has 0 aromatic heterocycles. The number of hydrogen-bond donors (Lipinski definition) is 0. The summed E-state index contributed by atoms with van der Waals surface area (Å²) in [5.74, 6) is 2.82. The summed E-state index contributed by atoms with van der Waals surface area (Å²) in [5.41, 5.74) is 0. The Kier molecular flexibility index (Phi) is 8.77. The van der Waals surface area contributed by atoms with Crippen molar-refractivity contribution in [3.63, 3.8) is 0 Å². The molecular formula is C26H38O4. The normalized spacial score (nSPS) is 30.7. The summed E-state index contributed by atoms with van der Waals surface area (Å²) in [4.78, 5) is 23.9. The molecule has 30 heavy (non-hydrogen) atoms. The number of esters is 1. The molecule has 0 aromatic rings. The Bertz CT molecular complexity index is 654. The molecular weight excluding hydrogens is 376 g/mol. The van der Waals surface area contributed by atoms with E-state index < -0.39 is 0 Å². The molecule has 3 unspecified atom stereocenters. The van der Waals surface area contributed by atoms with Gasteiger partial charge in [0, 0.05) is 6.42 Å². The van der Waals surface area contributed by atoms with Crippen molar-refractivity contribution in [3.05, 3.63) is 36.6 Å². The summed E-state index contributed by atoms with van der Waals surface area (Å²) in [6.45, 7) is 6.28. The molecule has 0 N–H and O–H groups in total. The Balaban J connectivity index is 1.38. The predicted molar refractivity (Wildman–Crippen MR) is 119 cm³/mol. The average Bonchev–Trinajstić information content (AvgIpc) is 2.77. The highest BCUT2D eigenvalue weighted by Crippen LogP contribution is 2.38. The fourth-order valence-corrected chi connectivity index (χ4v) is 5.20. The van der Waals surface area contributed by atoms with E-state index in [-0.39, 0.29) is 23.8 Å². The maximum atomic E-state index is 12.7. The van der Waals surface area contributed by atoms with Crippen LogP contribution in [0, 0.1) is 23.7 Å². The van der Waals surface area contributed by atoms with E-state index >= 15 is 0 Å². The molecule has 3 rings (SSSR count). The van der Waals surface area contributed by atoms with E-state index in [9.17, 15) is 9.59 Å². The summed E-state index contributed by atoms with van der Waals surface area (Å²) >= 11 is 0. The number of rotatable bonds is 10. The zero-order valence-electron chi connectivity index (χ0n) is 18.5. The molecule has 3 aliphatic carbocycles. The van der Waals surface area contributed by atoms with Crippen LogP contribution in [0.1, 0.15) is 77.6 Å². The van der Waals surface area contributed by atoms with E-state index in [4.69, 9.17) is 9.47 Å². The van der Waals surface area contributed by atoms with Crippen molar-refractivity contribution in [3.8, 4) is 0 Å². The first-order chi connectivity index (χ1) is 14.6. The SMILES string of the molecule is C=CC(=O)CCCOC1=CC2CCC(OC(=O)C3CCC(CCC)CC3)CC2C=C1. The lowest BCUT2D eigenvalue weighted by Crippen LogP contribution is -2.33. The van der Waals surface area contributed by atoms with Crippen molar-refractivity contribution >= 4 is 11.8 Å². The third kappa shape index (κ3) is 6.58. The number of allylic oxidation sites excluding steroid dienone is 4. The van der Waals surface area contributed by atoms with Gasteiger partial charge in [-0.1, -0.05) is 32.4 Å². The van der Waals surface area contributed by atoms with Crippen LogP contribution in [0.25, 0.3) is 0 Å². The minimum Gasteiger partial charge on any atom is -0.494 e. The molecule has 0 aromatic carbocycles. The summed E-state index contributed by atoms with van der Waals surface area (Å²) in [6, 6.07) is 0. The Morgan fingerprint density at radius 3 is 2.67 bits per heavy atom. The zero-order valence-corrected chi connectivity index (χ0v) is 18.5. The highest BCUT2D eigenvalue weighted by molar-refractivity contribution is 5.88. The molecule has 2 fully saturated rings. The number of hydrogen-bond acceptors (Lipinski definition) is 4. The smallest absolute Gasteiger partial charge is 0.309 e. The minimum atomic E-state index is 0.0434. The van der Waals surface area contributed by atoms with Crippen LogP contribution in [-0.4, -0.2) is 24.5 Å².